The zero-order valence-corrected chi connectivity index (χ0v) is 13.8. The minimum absolute atomic E-state index is 0.0106. The van der Waals surface area contributed by atoms with E-state index in [9.17, 15) is 9.59 Å². The Bertz CT molecular complexity index is 754. The largest absolute Gasteiger partial charge is 0.481 e. The van der Waals surface area contributed by atoms with Gasteiger partial charge in [-0.2, -0.15) is 5.10 Å². The van der Waals surface area contributed by atoms with Crippen LogP contribution < -0.4 is 0 Å². The lowest BCUT2D eigenvalue weighted by Crippen LogP contribution is -2.38. The van der Waals surface area contributed by atoms with Gasteiger partial charge < -0.3 is 14.4 Å². The van der Waals surface area contributed by atoms with Crippen molar-refractivity contribution < 1.29 is 19.1 Å². The van der Waals surface area contributed by atoms with Gasteiger partial charge in [-0.15, -0.1) is 0 Å². The van der Waals surface area contributed by atoms with Crippen molar-refractivity contribution in [1.29, 1.82) is 0 Å². The van der Waals surface area contributed by atoms with E-state index in [1.165, 1.54) is 0 Å². The number of carbonyl (C=O) groups is 2. The molecule has 1 aliphatic rings. The average molecular weight is 331 g/mol. The molecular weight excluding hydrogens is 310 g/mol. The number of H-pyrrole nitrogens is 1. The number of hydrogen-bond acceptors (Lipinski definition) is 4. The third kappa shape index (κ3) is 3.34. The van der Waals surface area contributed by atoms with E-state index in [0.717, 1.165) is 24.3 Å². The fraction of sp³-hybridized carbons (Fsp3) is 0.471. The first kappa shape index (κ1) is 16.3. The second kappa shape index (κ2) is 6.51. The van der Waals surface area contributed by atoms with Gasteiger partial charge in [-0.05, 0) is 38.8 Å². The smallest absolute Gasteiger partial charge is 0.309 e. The third-order valence-electron chi connectivity index (χ3n) is 4.46. The Morgan fingerprint density at radius 2 is 2.04 bits per heavy atom. The molecule has 0 unspecified atom stereocenters. The topological polar surface area (TPSA) is 99.4 Å². The molecule has 7 nitrogen and oxygen atoms in total. The molecule has 0 radical (unpaired) electrons. The summed E-state index contributed by atoms with van der Waals surface area (Å²) in [6, 6.07) is 3.61. The Labute approximate surface area is 139 Å². The molecule has 2 N–H and O–H groups in total. The van der Waals surface area contributed by atoms with Crippen molar-refractivity contribution in [3.63, 3.8) is 0 Å². The van der Waals surface area contributed by atoms with Gasteiger partial charge in [-0.1, -0.05) is 0 Å². The molecule has 1 fully saturated rings. The summed E-state index contributed by atoms with van der Waals surface area (Å²) in [6.07, 6.45) is 1.58. The molecule has 2 aromatic rings. The van der Waals surface area contributed by atoms with Crippen LogP contribution in [0.1, 0.15) is 52.0 Å². The number of carboxylic acid groups (broad SMARTS) is 1. The van der Waals surface area contributed by atoms with E-state index in [2.05, 4.69) is 10.2 Å². The van der Waals surface area contributed by atoms with Crippen molar-refractivity contribution in [2.24, 2.45) is 0 Å². The predicted molar refractivity (Wildman–Crippen MR) is 86.0 cm³/mol. The van der Waals surface area contributed by atoms with Gasteiger partial charge in [0, 0.05) is 24.7 Å². The molecule has 1 aliphatic heterocycles. The van der Waals surface area contributed by atoms with Crippen LogP contribution in [0.2, 0.25) is 0 Å². The Kier molecular flexibility index (Phi) is 4.42. The first-order valence-electron chi connectivity index (χ1n) is 8.06. The number of likely N-dealkylation sites (tertiary alicyclic amines) is 1. The zero-order chi connectivity index (χ0) is 17.3. The summed E-state index contributed by atoms with van der Waals surface area (Å²) in [6.45, 7) is 4.96. The van der Waals surface area contributed by atoms with Crippen molar-refractivity contribution in [2.75, 3.05) is 13.1 Å². The van der Waals surface area contributed by atoms with E-state index in [-0.39, 0.29) is 18.2 Å². The molecule has 3 heterocycles. The first-order valence-corrected chi connectivity index (χ1v) is 8.06. The minimum atomic E-state index is -0.878. The number of rotatable bonds is 4. The number of aliphatic carboxylic acids is 1. The number of aromatic amines is 1. The second-order valence-corrected chi connectivity index (χ2v) is 6.28. The van der Waals surface area contributed by atoms with E-state index in [0.29, 0.717) is 30.1 Å². The summed E-state index contributed by atoms with van der Waals surface area (Å²) in [7, 11) is 0. The van der Waals surface area contributed by atoms with Crippen molar-refractivity contribution in [3.05, 3.63) is 40.6 Å². The minimum Gasteiger partial charge on any atom is -0.481 e. The van der Waals surface area contributed by atoms with Gasteiger partial charge >= 0.3 is 5.97 Å². The van der Waals surface area contributed by atoms with Crippen molar-refractivity contribution in [3.8, 4) is 0 Å². The van der Waals surface area contributed by atoms with Crippen LogP contribution in [-0.2, 0) is 11.2 Å². The summed E-state index contributed by atoms with van der Waals surface area (Å²) in [5.41, 5.74) is 2.13. The van der Waals surface area contributed by atoms with Crippen LogP contribution in [0.5, 0.6) is 0 Å². The number of aromatic nitrogens is 2. The number of furan rings is 1. The highest BCUT2D eigenvalue weighted by atomic mass is 16.4. The van der Waals surface area contributed by atoms with Crippen LogP contribution in [-0.4, -0.2) is 45.2 Å². The highest BCUT2D eigenvalue weighted by Crippen LogP contribution is 2.28. The van der Waals surface area contributed by atoms with E-state index in [1.54, 1.807) is 13.0 Å². The Morgan fingerprint density at radius 3 is 2.62 bits per heavy atom. The fourth-order valence-corrected chi connectivity index (χ4v) is 3.23. The monoisotopic (exact) mass is 331 g/mol. The lowest BCUT2D eigenvalue weighted by Gasteiger charge is -2.31. The normalized spacial score (nSPS) is 15.7. The zero-order valence-electron chi connectivity index (χ0n) is 13.8. The standard InChI is InChI=1S/C17H21N3O4/c1-10-7-14(11(2)24-10)17(23)20-5-3-12(4-6-20)15-8-13(18-19-15)9-16(21)22/h7-8,12H,3-6,9H2,1-2H3,(H,18,19)(H,21,22). The summed E-state index contributed by atoms with van der Waals surface area (Å²) in [5.74, 6) is 0.784. The van der Waals surface area contributed by atoms with Crippen molar-refractivity contribution in [2.45, 2.75) is 39.0 Å². The SMILES string of the molecule is Cc1cc(C(=O)N2CCC(c3cc(CC(=O)O)[nH]n3)CC2)c(C)o1. The van der Waals surface area contributed by atoms with E-state index >= 15 is 0 Å². The van der Waals surface area contributed by atoms with Gasteiger partial charge in [0.25, 0.3) is 5.91 Å². The second-order valence-electron chi connectivity index (χ2n) is 6.28. The average Bonchev–Trinajstić information content (AvgIpc) is 3.12. The molecule has 3 rings (SSSR count). The van der Waals surface area contributed by atoms with Crippen LogP contribution in [0.25, 0.3) is 0 Å². The number of nitrogens with zero attached hydrogens (tertiary/aromatic N) is 2. The van der Waals surface area contributed by atoms with Gasteiger partial charge in [0.2, 0.25) is 0 Å². The van der Waals surface area contributed by atoms with Crippen LogP contribution >= 0.6 is 0 Å². The Morgan fingerprint density at radius 1 is 1.33 bits per heavy atom. The molecule has 1 saturated heterocycles. The van der Waals surface area contributed by atoms with Crippen LogP contribution in [0, 0.1) is 13.8 Å². The molecule has 0 saturated carbocycles. The molecule has 0 aromatic carbocycles. The number of hydrogen-bond donors (Lipinski definition) is 2. The third-order valence-corrected chi connectivity index (χ3v) is 4.46. The molecule has 0 spiro atoms. The van der Waals surface area contributed by atoms with Crippen molar-refractivity contribution in [1.82, 2.24) is 15.1 Å². The number of nitrogens with one attached hydrogen (secondary N) is 1. The summed E-state index contributed by atoms with van der Waals surface area (Å²) < 4.78 is 5.44. The molecule has 7 heteroatoms. The number of aryl methyl sites for hydroxylation is 2. The number of piperidine rings is 1. The summed E-state index contributed by atoms with van der Waals surface area (Å²) in [5, 5.41) is 15.8. The molecular formula is C17H21N3O4. The quantitative estimate of drug-likeness (QED) is 0.895. The maximum Gasteiger partial charge on any atom is 0.309 e. The summed E-state index contributed by atoms with van der Waals surface area (Å²) in [4.78, 5) is 25.2. The maximum absolute atomic E-state index is 12.6. The predicted octanol–water partition coefficient (Wildman–Crippen LogP) is 2.27. The lowest BCUT2D eigenvalue weighted by atomic mass is 9.93. The van der Waals surface area contributed by atoms with Gasteiger partial charge in [-0.3, -0.25) is 14.7 Å². The highest BCUT2D eigenvalue weighted by Gasteiger charge is 2.27. The van der Waals surface area contributed by atoms with Gasteiger partial charge in [0.05, 0.1) is 17.7 Å². The van der Waals surface area contributed by atoms with E-state index < -0.39 is 5.97 Å². The van der Waals surface area contributed by atoms with Gasteiger partial charge in [-0.25, -0.2) is 0 Å². The fourth-order valence-electron chi connectivity index (χ4n) is 3.23. The molecule has 0 aliphatic carbocycles. The Balaban J connectivity index is 1.61. The summed E-state index contributed by atoms with van der Waals surface area (Å²) >= 11 is 0. The van der Waals surface area contributed by atoms with Gasteiger partial charge in [0.15, 0.2) is 0 Å². The Hall–Kier alpha value is -2.57. The number of carbonyl (C=O) groups excluding carboxylic acids is 1. The van der Waals surface area contributed by atoms with Crippen molar-refractivity contribution >= 4 is 11.9 Å². The van der Waals surface area contributed by atoms with E-state index in [4.69, 9.17) is 9.52 Å². The molecule has 2 aromatic heterocycles. The van der Waals surface area contributed by atoms with E-state index in [1.807, 2.05) is 17.9 Å². The van der Waals surface area contributed by atoms with Crippen LogP contribution in [0.3, 0.4) is 0 Å². The number of carboxylic acids is 1. The molecule has 24 heavy (non-hydrogen) atoms. The van der Waals surface area contributed by atoms with Crippen LogP contribution in [0.4, 0.5) is 0 Å². The lowest BCUT2D eigenvalue weighted by molar-refractivity contribution is -0.136. The highest BCUT2D eigenvalue weighted by molar-refractivity contribution is 5.95. The maximum atomic E-state index is 12.6. The first-order chi connectivity index (χ1) is 11.4. The van der Waals surface area contributed by atoms with Crippen LogP contribution in [0.15, 0.2) is 16.5 Å². The molecule has 1 amide bonds. The number of amides is 1. The van der Waals surface area contributed by atoms with Gasteiger partial charge in [0.1, 0.15) is 11.5 Å². The molecule has 0 bridgehead atoms. The molecule has 128 valence electrons. The molecule has 0 atom stereocenters.